The van der Waals surface area contributed by atoms with Gasteiger partial charge < -0.3 is 10.6 Å². The Hall–Kier alpha value is -4.13. The van der Waals surface area contributed by atoms with E-state index in [0.29, 0.717) is 41.4 Å². The topological polar surface area (TPSA) is 133 Å². The van der Waals surface area contributed by atoms with Crippen LogP contribution in [-0.2, 0) is 0 Å². The van der Waals surface area contributed by atoms with E-state index in [2.05, 4.69) is 41.8 Å². The standard InChI is InChI=1S/C22H23N9O/c1-14(2)30-19-7-20(31-21-16(10-29-31)6-15(8-23)9-27-21)26-12-18(19)22(32)25-5-3-4-17-11-24-13-28-17/h6-7,9-10,12-14H,3-5,11H2,1-2H3,(H,25,32)(H,26,30). The Morgan fingerprint density at radius 3 is 2.88 bits per heavy atom. The van der Waals surface area contributed by atoms with Gasteiger partial charge in [-0.05, 0) is 32.8 Å². The maximum absolute atomic E-state index is 12.8. The largest absolute Gasteiger partial charge is 0.382 e. The number of amides is 1. The SMILES string of the molecule is CC(C)Nc1cc(-n2ncc3cc(C#N)cnc32)ncc1C(=O)NCCCC1=NC=NC1. The molecule has 32 heavy (non-hydrogen) atoms. The quantitative estimate of drug-likeness (QED) is 0.529. The molecule has 3 aromatic rings. The Balaban J connectivity index is 1.54. The van der Waals surface area contributed by atoms with Gasteiger partial charge in [0, 0.05) is 42.1 Å². The molecule has 0 unspecified atom stereocenters. The lowest BCUT2D eigenvalue weighted by Gasteiger charge is -2.16. The summed E-state index contributed by atoms with van der Waals surface area (Å²) in [5.74, 6) is 0.329. The van der Waals surface area contributed by atoms with Gasteiger partial charge in [0.05, 0.1) is 29.6 Å². The van der Waals surface area contributed by atoms with Gasteiger partial charge in [0.2, 0.25) is 0 Å². The van der Waals surface area contributed by atoms with Gasteiger partial charge >= 0.3 is 0 Å². The Bertz CT molecular complexity index is 1250. The van der Waals surface area contributed by atoms with Gasteiger partial charge in [0.25, 0.3) is 5.91 Å². The van der Waals surface area contributed by atoms with E-state index in [4.69, 9.17) is 5.26 Å². The summed E-state index contributed by atoms with van der Waals surface area (Å²) in [5, 5.41) is 20.4. The lowest BCUT2D eigenvalue weighted by molar-refractivity contribution is 0.0954. The molecule has 3 aromatic heterocycles. The molecule has 0 saturated carbocycles. The highest BCUT2D eigenvalue weighted by atomic mass is 16.1. The van der Waals surface area contributed by atoms with E-state index in [9.17, 15) is 4.79 Å². The number of carbonyl (C=O) groups is 1. The molecule has 1 aliphatic heterocycles. The van der Waals surface area contributed by atoms with Crippen molar-refractivity contribution in [2.24, 2.45) is 9.98 Å². The number of anilines is 1. The summed E-state index contributed by atoms with van der Waals surface area (Å²) >= 11 is 0. The highest BCUT2D eigenvalue weighted by molar-refractivity contribution is 6.00. The molecular weight excluding hydrogens is 406 g/mol. The van der Waals surface area contributed by atoms with Gasteiger partial charge in [0.1, 0.15) is 12.4 Å². The third-order valence-electron chi connectivity index (χ3n) is 4.86. The first-order chi connectivity index (χ1) is 15.5. The van der Waals surface area contributed by atoms with Crippen molar-refractivity contribution < 1.29 is 4.79 Å². The van der Waals surface area contributed by atoms with Crippen LogP contribution in [-0.4, -0.2) is 56.8 Å². The lowest BCUT2D eigenvalue weighted by Crippen LogP contribution is -2.27. The average Bonchev–Trinajstić information content (AvgIpc) is 3.45. The van der Waals surface area contributed by atoms with Crippen LogP contribution in [0.15, 0.2) is 40.7 Å². The van der Waals surface area contributed by atoms with E-state index < -0.39 is 0 Å². The Morgan fingerprint density at radius 1 is 1.25 bits per heavy atom. The fourth-order valence-electron chi connectivity index (χ4n) is 3.36. The Kier molecular flexibility index (Phi) is 6.17. The third-order valence-corrected chi connectivity index (χ3v) is 4.86. The van der Waals surface area contributed by atoms with Gasteiger partial charge in [-0.1, -0.05) is 0 Å². The number of hydrogen-bond donors (Lipinski definition) is 2. The molecule has 0 radical (unpaired) electrons. The van der Waals surface area contributed by atoms with Gasteiger partial charge in [0.15, 0.2) is 11.5 Å². The number of nitriles is 1. The number of aliphatic imine (C=N–C) groups is 2. The Labute approximate surface area is 185 Å². The number of nitrogens with one attached hydrogen (secondary N) is 2. The molecule has 0 bridgehead atoms. The monoisotopic (exact) mass is 429 g/mol. The van der Waals surface area contributed by atoms with Crippen LogP contribution >= 0.6 is 0 Å². The molecule has 0 aromatic carbocycles. The van der Waals surface area contributed by atoms with E-state index >= 15 is 0 Å². The van der Waals surface area contributed by atoms with Crippen molar-refractivity contribution in [1.82, 2.24) is 25.1 Å². The number of fused-ring (bicyclic) bond motifs is 1. The summed E-state index contributed by atoms with van der Waals surface area (Å²) in [6.07, 6.45) is 7.86. The van der Waals surface area contributed by atoms with Crippen LogP contribution in [0.1, 0.15) is 42.6 Å². The second kappa shape index (κ2) is 9.34. The summed E-state index contributed by atoms with van der Waals surface area (Å²) in [6.45, 7) is 5.19. The van der Waals surface area contributed by atoms with Crippen molar-refractivity contribution >= 4 is 34.7 Å². The third kappa shape index (κ3) is 4.62. The second-order valence-electron chi connectivity index (χ2n) is 7.70. The van der Waals surface area contributed by atoms with Crippen LogP contribution in [0.4, 0.5) is 5.69 Å². The number of hydrogen-bond acceptors (Lipinski definition) is 8. The average molecular weight is 429 g/mol. The predicted octanol–water partition coefficient (Wildman–Crippen LogP) is 2.50. The van der Waals surface area contributed by atoms with E-state index in [1.165, 1.54) is 6.20 Å². The first-order valence-corrected chi connectivity index (χ1v) is 10.4. The molecular formula is C22H23N9O. The van der Waals surface area contributed by atoms with Gasteiger partial charge in [-0.2, -0.15) is 15.0 Å². The van der Waals surface area contributed by atoms with Crippen LogP contribution in [0.25, 0.3) is 16.9 Å². The molecule has 1 amide bonds. The summed E-state index contributed by atoms with van der Waals surface area (Å²) in [7, 11) is 0. The maximum Gasteiger partial charge on any atom is 0.254 e. The molecule has 0 saturated heterocycles. The molecule has 4 rings (SSSR count). The molecule has 4 heterocycles. The normalized spacial score (nSPS) is 12.8. The number of rotatable bonds is 8. The van der Waals surface area contributed by atoms with Crippen molar-refractivity contribution in [3.05, 3.63) is 41.9 Å². The van der Waals surface area contributed by atoms with Crippen molar-refractivity contribution in [2.45, 2.75) is 32.7 Å². The zero-order valence-corrected chi connectivity index (χ0v) is 17.9. The van der Waals surface area contributed by atoms with Crippen molar-refractivity contribution in [1.29, 1.82) is 5.26 Å². The number of nitrogens with zero attached hydrogens (tertiary/aromatic N) is 7. The minimum absolute atomic E-state index is 0.114. The van der Waals surface area contributed by atoms with Crippen molar-refractivity contribution in [2.75, 3.05) is 18.4 Å². The van der Waals surface area contributed by atoms with Crippen LogP contribution in [0.3, 0.4) is 0 Å². The molecule has 2 N–H and O–H groups in total. The van der Waals surface area contributed by atoms with Gasteiger partial charge in [-0.3, -0.25) is 9.79 Å². The fourth-order valence-corrected chi connectivity index (χ4v) is 3.36. The minimum atomic E-state index is -0.195. The van der Waals surface area contributed by atoms with Gasteiger partial charge in [-0.25, -0.2) is 15.0 Å². The number of aromatic nitrogens is 4. The van der Waals surface area contributed by atoms with Gasteiger partial charge in [-0.15, -0.1) is 0 Å². The summed E-state index contributed by atoms with van der Waals surface area (Å²) in [4.78, 5) is 29.9. The van der Waals surface area contributed by atoms with E-state index in [0.717, 1.165) is 23.9 Å². The van der Waals surface area contributed by atoms with Crippen LogP contribution in [0, 0.1) is 11.3 Å². The smallest absolute Gasteiger partial charge is 0.254 e. The van der Waals surface area contributed by atoms with E-state index in [1.807, 2.05) is 13.8 Å². The minimum Gasteiger partial charge on any atom is -0.382 e. The molecule has 0 atom stereocenters. The molecule has 10 nitrogen and oxygen atoms in total. The molecule has 162 valence electrons. The first kappa shape index (κ1) is 21.1. The van der Waals surface area contributed by atoms with Crippen LogP contribution < -0.4 is 10.6 Å². The van der Waals surface area contributed by atoms with Crippen LogP contribution in [0.2, 0.25) is 0 Å². The highest BCUT2D eigenvalue weighted by Gasteiger charge is 2.16. The van der Waals surface area contributed by atoms with Crippen molar-refractivity contribution in [3.8, 4) is 11.9 Å². The number of pyridine rings is 2. The summed E-state index contributed by atoms with van der Waals surface area (Å²) in [5.41, 5.74) is 3.21. The molecule has 0 aliphatic carbocycles. The predicted molar refractivity (Wildman–Crippen MR) is 122 cm³/mol. The zero-order valence-electron chi connectivity index (χ0n) is 17.9. The molecule has 1 aliphatic rings. The van der Waals surface area contributed by atoms with E-state index in [1.54, 1.807) is 35.5 Å². The maximum atomic E-state index is 12.8. The first-order valence-electron chi connectivity index (χ1n) is 10.4. The van der Waals surface area contributed by atoms with Crippen LogP contribution in [0.5, 0.6) is 0 Å². The second-order valence-corrected chi connectivity index (χ2v) is 7.70. The highest BCUT2D eigenvalue weighted by Crippen LogP contribution is 2.22. The zero-order chi connectivity index (χ0) is 22.5. The van der Waals surface area contributed by atoms with E-state index in [-0.39, 0.29) is 11.9 Å². The summed E-state index contributed by atoms with van der Waals surface area (Å²) < 4.78 is 1.59. The lowest BCUT2D eigenvalue weighted by atomic mass is 10.1. The molecule has 0 fully saturated rings. The molecule has 10 heteroatoms. The fraction of sp³-hybridized carbons (Fsp3) is 0.318. The Morgan fingerprint density at radius 2 is 2.12 bits per heavy atom. The molecule has 0 spiro atoms. The number of carbonyl (C=O) groups excluding carboxylic acids is 1. The van der Waals surface area contributed by atoms with Crippen molar-refractivity contribution in [3.63, 3.8) is 0 Å². The summed E-state index contributed by atoms with van der Waals surface area (Å²) in [6, 6.07) is 5.70.